The van der Waals surface area contributed by atoms with Gasteiger partial charge in [-0.25, -0.2) is 4.79 Å². The maximum absolute atomic E-state index is 14.2. The van der Waals surface area contributed by atoms with E-state index in [1.165, 1.54) is 0 Å². The molecule has 3 aromatic rings. The second-order valence-electron chi connectivity index (χ2n) is 11.1. The van der Waals surface area contributed by atoms with Gasteiger partial charge in [0.05, 0.1) is 0 Å². The molecule has 0 aliphatic heterocycles. The minimum atomic E-state index is -0.919. The lowest BCUT2D eigenvalue weighted by molar-refractivity contribution is -0.143. The molecule has 0 heterocycles. The van der Waals surface area contributed by atoms with Gasteiger partial charge in [-0.3, -0.25) is 9.59 Å². The minimum Gasteiger partial charge on any atom is -0.444 e. The van der Waals surface area contributed by atoms with Crippen LogP contribution < -0.4 is 10.6 Å². The van der Waals surface area contributed by atoms with Crippen molar-refractivity contribution in [1.82, 2.24) is 10.2 Å². The molecule has 0 bridgehead atoms. The second kappa shape index (κ2) is 13.7. The zero-order chi connectivity index (χ0) is 29.4. The molecule has 0 radical (unpaired) electrons. The SMILES string of the molecule is CSCCC(NC(=O)OC(C)(C)C)C(=O)N(C(C)C)C(C(=O)Nc1ccc2ccccc2c1)c1ccccc1C. The summed E-state index contributed by atoms with van der Waals surface area (Å²) in [4.78, 5) is 42.6. The van der Waals surface area contributed by atoms with E-state index in [1.54, 1.807) is 37.4 Å². The molecule has 3 rings (SSSR count). The summed E-state index contributed by atoms with van der Waals surface area (Å²) in [6.45, 7) is 11.0. The topological polar surface area (TPSA) is 87.7 Å². The molecule has 0 aliphatic rings. The van der Waals surface area contributed by atoms with Crippen molar-refractivity contribution < 1.29 is 19.1 Å². The summed E-state index contributed by atoms with van der Waals surface area (Å²) in [6, 6.07) is 19.2. The van der Waals surface area contributed by atoms with Crippen molar-refractivity contribution in [2.24, 2.45) is 0 Å². The number of hydrogen-bond donors (Lipinski definition) is 2. The van der Waals surface area contributed by atoms with Gasteiger partial charge in [0.1, 0.15) is 17.7 Å². The van der Waals surface area contributed by atoms with Gasteiger partial charge >= 0.3 is 6.09 Å². The molecule has 40 heavy (non-hydrogen) atoms. The van der Waals surface area contributed by atoms with Crippen LogP contribution in [0.3, 0.4) is 0 Å². The van der Waals surface area contributed by atoms with Crippen LogP contribution in [0.15, 0.2) is 66.7 Å². The van der Waals surface area contributed by atoms with Gasteiger partial charge in [0.25, 0.3) is 5.91 Å². The average molecular weight is 564 g/mol. The average Bonchev–Trinajstić information content (AvgIpc) is 2.88. The van der Waals surface area contributed by atoms with Crippen molar-refractivity contribution >= 4 is 46.1 Å². The highest BCUT2D eigenvalue weighted by molar-refractivity contribution is 7.98. The molecule has 0 aliphatic carbocycles. The lowest BCUT2D eigenvalue weighted by atomic mass is 9.96. The summed E-state index contributed by atoms with van der Waals surface area (Å²) in [6.07, 6.45) is 1.68. The number of thioether (sulfide) groups is 1. The maximum Gasteiger partial charge on any atom is 0.408 e. The van der Waals surface area contributed by atoms with Crippen molar-refractivity contribution in [1.29, 1.82) is 0 Å². The van der Waals surface area contributed by atoms with Gasteiger partial charge in [-0.2, -0.15) is 11.8 Å². The third-order valence-corrected chi connectivity index (χ3v) is 7.08. The monoisotopic (exact) mass is 563 g/mol. The van der Waals surface area contributed by atoms with E-state index in [9.17, 15) is 14.4 Å². The van der Waals surface area contributed by atoms with E-state index in [-0.39, 0.29) is 17.9 Å². The molecule has 7 nitrogen and oxygen atoms in total. The zero-order valence-corrected chi connectivity index (χ0v) is 25.3. The number of carbonyl (C=O) groups excluding carboxylic acids is 3. The van der Waals surface area contributed by atoms with Crippen molar-refractivity contribution in [2.75, 3.05) is 17.3 Å². The van der Waals surface area contributed by atoms with Crippen LogP contribution in [0, 0.1) is 6.92 Å². The Morgan fingerprint density at radius 2 is 1.60 bits per heavy atom. The Labute approximate surface area is 242 Å². The van der Waals surface area contributed by atoms with Gasteiger partial charge in [-0.1, -0.05) is 54.6 Å². The Balaban J connectivity index is 2.01. The Morgan fingerprint density at radius 3 is 2.23 bits per heavy atom. The fraction of sp³-hybridized carbons (Fsp3) is 0.406. The fourth-order valence-electron chi connectivity index (χ4n) is 4.59. The molecular weight excluding hydrogens is 522 g/mol. The predicted molar refractivity (Wildman–Crippen MR) is 165 cm³/mol. The number of rotatable bonds is 10. The molecular formula is C32H41N3O4S. The van der Waals surface area contributed by atoms with E-state index in [0.29, 0.717) is 17.9 Å². The molecule has 2 atom stereocenters. The highest BCUT2D eigenvalue weighted by Gasteiger charge is 2.38. The maximum atomic E-state index is 14.2. The molecule has 214 valence electrons. The Kier molecular flexibility index (Phi) is 10.6. The molecule has 0 saturated carbocycles. The number of nitrogens with one attached hydrogen (secondary N) is 2. The van der Waals surface area contributed by atoms with Crippen molar-refractivity contribution in [3.05, 3.63) is 77.9 Å². The highest BCUT2D eigenvalue weighted by atomic mass is 32.2. The van der Waals surface area contributed by atoms with Crippen LogP contribution in [0.1, 0.15) is 58.2 Å². The van der Waals surface area contributed by atoms with Crippen LogP contribution >= 0.6 is 11.8 Å². The molecule has 8 heteroatoms. The summed E-state index contributed by atoms with van der Waals surface area (Å²) in [7, 11) is 0. The van der Waals surface area contributed by atoms with E-state index < -0.39 is 23.8 Å². The Bertz CT molecular complexity index is 1330. The van der Waals surface area contributed by atoms with E-state index >= 15 is 0 Å². The van der Waals surface area contributed by atoms with Crippen LogP contribution in [-0.4, -0.2) is 52.5 Å². The summed E-state index contributed by atoms with van der Waals surface area (Å²) in [5.74, 6) is -0.0134. The largest absolute Gasteiger partial charge is 0.444 e. The molecule has 0 aromatic heterocycles. The van der Waals surface area contributed by atoms with E-state index in [0.717, 1.165) is 21.9 Å². The van der Waals surface area contributed by atoms with Crippen LogP contribution in [0.5, 0.6) is 0 Å². The number of amides is 3. The normalized spacial score (nSPS) is 13.0. The number of benzene rings is 3. The van der Waals surface area contributed by atoms with Crippen molar-refractivity contribution in [3.8, 4) is 0 Å². The third-order valence-electron chi connectivity index (χ3n) is 6.44. The van der Waals surface area contributed by atoms with Gasteiger partial charge in [0, 0.05) is 11.7 Å². The van der Waals surface area contributed by atoms with Crippen molar-refractivity contribution in [3.63, 3.8) is 0 Å². The molecule has 3 aromatic carbocycles. The lowest BCUT2D eigenvalue weighted by Gasteiger charge is -2.37. The second-order valence-corrected chi connectivity index (χ2v) is 12.1. The molecule has 2 unspecified atom stereocenters. The minimum absolute atomic E-state index is 0.326. The van der Waals surface area contributed by atoms with E-state index in [1.807, 2.05) is 93.8 Å². The first-order valence-electron chi connectivity index (χ1n) is 13.6. The summed E-state index contributed by atoms with van der Waals surface area (Å²) in [5, 5.41) is 7.90. The summed E-state index contributed by atoms with van der Waals surface area (Å²) < 4.78 is 5.46. The smallest absolute Gasteiger partial charge is 0.408 e. The van der Waals surface area contributed by atoms with Crippen LogP contribution in [-0.2, 0) is 14.3 Å². The first-order chi connectivity index (χ1) is 18.9. The number of fused-ring (bicyclic) bond motifs is 1. The van der Waals surface area contributed by atoms with Gasteiger partial charge in [-0.05, 0) is 94.0 Å². The zero-order valence-electron chi connectivity index (χ0n) is 24.5. The quantitative estimate of drug-likeness (QED) is 0.286. The Hall–Kier alpha value is -3.52. The number of anilines is 1. The van der Waals surface area contributed by atoms with Gasteiger partial charge in [0.15, 0.2) is 0 Å². The van der Waals surface area contributed by atoms with Gasteiger partial charge in [-0.15, -0.1) is 0 Å². The molecule has 3 amide bonds. The molecule has 2 N–H and O–H groups in total. The Morgan fingerprint density at radius 1 is 0.950 bits per heavy atom. The first-order valence-corrected chi connectivity index (χ1v) is 15.0. The predicted octanol–water partition coefficient (Wildman–Crippen LogP) is 6.71. The number of alkyl carbamates (subject to hydrolysis) is 1. The van der Waals surface area contributed by atoms with Crippen LogP contribution in [0.4, 0.5) is 10.5 Å². The van der Waals surface area contributed by atoms with Crippen LogP contribution in [0.25, 0.3) is 10.8 Å². The summed E-state index contributed by atoms with van der Waals surface area (Å²) >= 11 is 1.58. The first kappa shape index (κ1) is 31.0. The highest BCUT2D eigenvalue weighted by Crippen LogP contribution is 2.30. The lowest BCUT2D eigenvalue weighted by Crippen LogP contribution is -2.54. The number of carbonyl (C=O) groups is 3. The number of aryl methyl sites for hydroxylation is 1. The van der Waals surface area contributed by atoms with Crippen LogP contribution in [0.2, 0.25) is 0 Å². The third kappa shape index (κ3) is 8.24. The van der Waals surface area contributed by atoms with Gasteiger partial charge < -0.3 is 20.3 Å². The number of nitrogens with zero attached hydrogens (tertiary/aromatic N) is 1. The standard InChI is InChI=1S/C32H41N3O4S/c1-21(2)35(30(37)27(18-19-40-7)34-31(38)39-32(4,5)6)28(26-15-11-8-12-22(26)3)29(36)33-25-17-16-23-13-9-10-14-24(23)20-25/h8-17,20-21,27-28H,18-19H2,1-7H3,(H,33,36)(H,34,38). The van der Waals surface area contributed by atoms with Gasteiger partial charge in [0.2, 0.25) is 5.91 Å². The molecule has 0 saturated heterocycles. The van der Waals surface area contributed by atoms with E-state index in [4.69, 9.17) is 4.74 Å². The van der Waals surface area contributed by atoms with Crippen molar-refractivity contribution in [2.45, 2.75) is 71.7 Å². The van der Waals surface area contributed by atoms with E-state index in [2.05, 4.69) is 10.6 Å². The molecule has 0 spiro atoms. The summed E-state index contributed by atoms with van der Waals surface area (Å²) in [5.41, 5.74) is 1.55. The number of ether oxygens (including phenoxy) is 1. The fourth-order valence-corrected chi connectivity index (χ4v) is 5.06. The number of hydrogen-bond acceptors (Lipinski definition) is 5. The molecule has 0 fully saturated rings.